The molecule has 0 saturated heterocycles. The Morgan fingerprint density at radius 2 is 2.00 bits per heavy atom. The van der Waals surface area contributed by atoms with Crippen molar-refractivity contribution in [3.8, 4) is 11.8 Å². The number of likely N-dealkylation sites (N-methyl/N-ethyl adjacent to an activating group) is 1. The molecule has 0 fully saturated rings. The zero-order valence-electron chi connectivity index (χ0n) is 11.0. The Hall–Kier alpha value is -2.02. The zero-order chi connectivity index (χ0) is 13.5. The third-order valence-electron chi connectivity index (χ3n) is 2.73. The first-order valence-corrected chi connectivity index (χ1v) is 6.08. The van der Waals surface area contributed by atoms with Crippen LogP contribution in [0.2, 0.25) is 0 Å². The SMILES string of the molecule is CCN(CC)C(=O)C(C)Oc1ccccc1C#N. The monoisotopic (exact) mass is 246 g/mol. The van der Waals surface area contributed by atoms with E-state index in [9.17, 15) is 4.79 Å². The van der Waals surface area contributed by atoms with E-state index >= 15 is 0 Å². The number of carbonyl (C=O) groups is 1. The molecule has 1 aromatic carbocycles. The second-order valence-electron chi connectivity index (χ2n) is 3.88. The lowest BCUT2D eigenvalue weighted by atomic mass is 10.2. The average Bonchev–Trinajstić information content (AvgIpc) is 2.40. The van der Waals surface area contributed by atoms with Gasteiger partial charge in [0, 0.05) is 13.1 Å². The minimum Gasteiger partial charge on any atom is -0.480 e. The van der Waals surface area contributed by atoms with Crippen LogP contribution in [-0.2, 0) is 4.79 Å². The van der Waals surface area contributed by atoms with Gasteiger partial charge in [-0.15, -0.1) is 0 Å². The summed E-state index contributed by atoms with van der Waals surface area (Å²) in [6.45, 7) is 6.87. The molecule has 0 aliphatic rings. The number of benzene rings is 1. The summed E-state index contributed by atoms with van der Waals surface area (Å²) in [5.74, 6) is 0.390. The molecule has 18 heavy (non-hydrogen) atoms. The highest BCUT2D eigenvalue weighted by molar-refractivity contribution is 5.80. The van der Waals surface area contributed by atoms with Gasteiger partial charge < -0.3 is 9.64 Å². The number of nitriles is 1. The van der Waals surface area contributed by atoms with Gasteiger partial charge in [-0.05, 0) is 32.9 Å². The molecular weight excluding hydrogens is 228 g/mol. The van der Waals surface area contributed by atoms with Crippen molar-refractivity contribution in [1.29, 1.82) is 5.26 Å². The van der Waals surface area contributed by atoms with Crippen molar-refractivity contribution in [3.63, 3.8) is 0 Å². The zero-order valence-corrected chi connectivity index (χ0v) is 11.0. The third kappa shape index (κ3) is 3.24. The fraction of sp³-hybridized carbons (Fsp3) is 0.429. The lowest BCUT2D eigenvalue weighted by Crippen LogP contribution is -2.40. The van der Waals surface area contributed by atoms with Crippen molar-refractivity contribution in [2.75, 3.05) is 13.1 Å². The van der Waals surface area contributed by atoms with E-state index in [1.54, 1.807) is 36.1 Å². The summed E-state index contributed by atoms with van der Waals surface area (Å²) in [5.41, 5.74) is 0.441. The Balaban J connectivity index is 2.79. The molecule has 0 heterocycles. The summed E-state index contributed by atoms with van der Waals surface area (Å²) in [7, 11) is 0. The number of ether oxygens (including phenoxy) is 1. The summed E-state index contributed by atoms with van der Waals surface area (Å²) < 4.78 is 5.57. The first-order chi connectivity index (χ1) is 8.63. The van der Waals surface area contributed by atoms with E-state index in [0.717, 1.165) is 0 Å². The lowest BCUT2D eigenvalue weighted by Gasteiger charge is -2.23. The van der Waals surface area contributed by atoms with Crippen LogP contribution in [0.25, 0.3) is 0 Å². The molecule has 0 N–H and O–H groups in total. The minimum absolute atomic E-state index is 0.0623. The molecule has 0 aromatic heterocycles. The summed E-state index contributed by atoms with van der Waals surface area (Å²) in [5, 5.41) is 8.95. The molecule has 1 amide bonds. The standard InChI is InChI=1S/C14H18N2O2/c1-4-16(5-2)14(17)11(3)18-13-9-7-6-8-12(13)10-15/h6-9,11H,4-5H2,1-3H3. The Morgan fingerprint density at radius 3 is 2.56 bits per heavy atom. The van der Waals surface area contributed by atoms with Crippen LogP contribution in [0.3, 0.4) is 0 Å². The van der Waals surface area contributed by atoms with E-state index in [0.29, 0.717) is 24.4 Å². The van der Waals surface area contributed by atoms with Crippen LogP contribution in [0.1, 0.15) is 26.3 Å². The first-order valence-electron chi connectivity index (χ1n) is 6.08. The molecule has 1 aromatic rings. The van der Waals surface area contributed by atoms with Crippen molar-refractivity contribution in [2.24, 2.45) is 0 Å². The van der Waals surface area contributed by atoms with E-state index in [1.165, 1.54) is 0 Å². The molecule has 4 heteroatoms. The number of amides is 1. The largest absolute Gasteiger partial charge is 0.480 e. The van der Waals surface area contributed by atoms with Crippen LogP contribution < -0.4 is 4.74 Å². The van der Waals surface area contributed by atoms with Gasteiger partial charge in [0.2, 0.25) is 0 Å². The van der Waals surface area contributed by atoms with Crippen molar-refractivity contribution >= 4 is 5.91 Å². The third-order valence-corrected chi connectivity index (χ3v) is 2.73. The number of hydrogen-bond acceptors (Lipinski definition) is 3. The van der Waals surface area contributed by atoms with Crippen LogP contribution in [-0.4, -0.2) is 30.0 Å². The molecule has 0 radical (unpaired) electrons. The van der Waals surface area contributed by atoms with Gasteiger partial charge >= 0.3 is 0 Å². The molecular formula is C14H18N2O2. The highest BCUT2D eigenvalue weighted by Gasteiger charge is 2.20. The Kier molecular flexibility index (Phi) is 5.19. The van der Waals surface area contributed by atoms with E-state index in [-0.39, 0.29) is 5.91 Å². The number of hydrogen-bond donors (Lipinski definition) is 0. The Morgan fingerprint density at radius 1 is 1.39 bits per heavy atom. The summed E-state index contributed by atoms with van der Waals surface area (Å²) in [4.78, 5) is 13.7. The van der Waals surface area contributed by atoms with Gasteiger partial charge in [-0.3, -0.25) is 4.79 Å². The predicted octanol–water partition coefficient (Wildman–Crippen LogP) is 2.19. The maximum atomic E-state index is 12.0. The van der Waals surface area contributed by atoms with Gasteiger partial charge in [0.1, 0.15) is 11.8 Å². The fourth-order valence-electron chi connectivity index (χ4n) is 1.70. The summed E-state index contributed by atoms with van der Waals surface area (Å²) in [6.07, 6.45) is -0.584. The van der Waals surface area contributed by atoms with E-state index in [1.807, 2.05) is 19.9 Å². The van der Waals surface area contributed by atoms with Crippen LogP contribution >= 0.6 is 0 Å². The molecule has 0 saturated carbocycles. The van der Waals surface area contributed by atoms with Crippen molar-refractivity contribution < 1.29 is 9.53 Å². The maximum absolute atomic E-state index is 12.0. The van der Waals surface area contributed by atoms with Gasteiger partial charge in [0.05, 0.1) is 5.56 Å². The lowest BCUT2D eigenvalue weighted by molar-refractivity contribution is -0.137. The highest BCUT2D eigenvalue weighted by atomic mass is 16.5. The van der Waals surface area contributed by atoms with Crippen LogP contribution in [0, 0.1) is 11.3 Å². The van der Waals surface area contributed by atoms with Gasteiger partial charge in [0.25, 0.3) is 5.91 Å². The number of para-hydroxylation sites is 1. The summed E-state index contributed by atoms with van der Waals surface area (Å²) >= 11 is 0. The summed E-state index contributed by atoms with van der Waals surface area (Å²) in [6, 6.07) is 8.97. The highest BCUT2D eigenvalue weighted by Crippen LogP contribution is 2.18. The van der Waals surface area contributed by atoms with Crippen LogP contribution in [0.5, 0.6) is 5.75 Å². The van der Waals surface area contributed by atoms with Crippen LogP contribution in [0.15, 0.2) is 24.3 Å². The second-order valence-corrected chi connectivity index (χ2v) is 3.88. The molecule has 0 aliphatic heterocycles. The normalized spacial score (nSPS) is 11.4. The smallest absolute Gasteiger partial charge is 0.263 e. The molecule has 4 nitrogen and oxygen atoms in total. The Labute approximate surface area is 108 Å². The molecule has 1 rings (SSSR count). The molecule has 0 bridgehead atoms. The Bertz CT molecular complexity index is 447. The topological polar surface area (TPSA) is 53.3 Å². The van der Waals surface area contributed by atoms with Crippen molar-refractivity contribution in [2.45, 2.75) is 26.9 Å². The van der Waals surface area contributed by atoms with Gasteiger partial charge in [-0.25, -0.2) is 0 Å². The van der Waals surface area contributed by atoms with E-state index in [4.69, 9.17) is 10.00 Å². The molecule has 0 spiro atoms. The van der Waals surface area contributed by atoms with Gasteiger partial charge in [0.15, 0.2) is 6.10 Å². The number of rotatable bonds is 5. The molecule has 0 aliphatic carbocycles. The maximum Gasteiger partial charge on any atom is 0.263 e. The number of nitrogens with zero attached hydrogens (tertiary/aromatic N) is 2. The van der Waals surface area contributed by atoms with Gasteiger partial charge in [-0.1, -0.05) is 12.1 Å². The first kappa shape index (κ1) is 14.0. The second kappa shape index (κ2) is 6.65. The molecule has 96 valence electrons. The number of carbonyl (C=O) groups excluding carboxylic acids is 1. The van der Waals surface area contributed by atoms with Crippen molar-refractivity contribution in [3.05, 3.63) is 29.8 Å². The quantitative estimate of drug-likeness (QED) is 0.800. The average molecular weight is 246 g/mol. The van der Waals surface area contributed by atoms with E-state index in [2.05, 4.69) is 0 Å². The molecule has 1 atom stereocenters. The van der Waals surface area contributed by atoms with Crippen LogP contribution in [0.4, 0.5) is 0 Å². The predicted molar refractivity (Wildman–Crippen MR) is 69.2 cm³/mol. The fourth-order valence-corrected chi connectivity index (χ4v) is 1.70. The molecule has 1 unspecified atom stereocenters. The van der Waals surface area contributed by atoms with Crippen molar-refractivity contribution in [1.82, 2.24) is 4.90 Å². The van der Waals surface area contributed by atoms with E-state index < -0.39 is 6.10 Å². The minimum atomic E-state index is -0.584. The van der Waals surface area contributed by atoms with Gasteiger partial charge in [-0.2, -0.15) is 5.26 Å².